The molecule has 1 aromatic carbocycles. The lowest BCUT2D eigenvalue weighted by Crippen LogP contribution is -2.23. The topological polar surface area (TPSA) is 118 Å². The van der Waals surface area contributed by atoms with Crippen LogP contribution in [-0.2, 0) is 15.4 Å². The van der Waals surface area contributed by atoms with Crippen LogP contribution in [0.25, 0.3) is 11.0 Å². The van der Waals surface area contributed by atoms with E-state index in [0.29, 0.717) is 16.9 Å². The minimum absolute atomic E-state index is 0.105. The normalized spacial score (nSPS) is 12.4. The van der Waals surface area contributed by atoms with E-state index in [2.05, 4.69) is 30.6 Å². The minimum atomic E-state index is -4.10. The van der Waals surface area contributed by atoms with E-state index in [-0.39, 0.29) is 10.7 Å². The number of hydrogen-bond donors (Lipinski definition) is 2. The molecule has 156 valence electrons. The predicted octanol–water partition coefficient (Wildman–Crippen LogP) is 3.33. The van der Waals surface area contributed by atoms with E-state index < -0.39 is 26.3 Å². The molecule has 0 radical (unpaired) electrons. The van der Waals surface area contributed by atoms with Crippen LogP contribution < -0.4 is 5.32 Å². The Hall–Kier alpha value is -3.34. The third-order valence-corrected chi connectivity index (χ3v) is 5.92. The van der Waals surface area contributed by atoms with Gasteiger partial charge >= 0.3 is 0 Å². The van der Waals surface area contributed by atoms with Gasteiger partial charge in [0.2, 0.25) is 9.84 Å². The van der Waals surface area contributed by atoms with Gasteiger partial charge in [-0.1, -0.05) is 0 Å². The summed E-state index contributed by atoms with van der Waals surface area (Å²) in [5.41, 5.74) is 0.730. The monoisotopic (exact) mass is 429 g/mol. The summed E-state index contributed by atoms with van der Waals surface area (Å²) < 4.78 is 41.2. The number of anilines is 2. The van der Waals surface area contributed by atoms with Crippen molar-refractivity contribution >= 4 is 32.5 Å². The van der Waals surface area contributed by atoms with Crippen LogP contribution in [0.1, 0.15) is 26.5 Å². The quantitative estimate of drug-likeness (QED) is 0.377. The fourth-order valence-electron chi connectivity index (χ4n) is 2.92. The molecule has 0 fully saturated rings. The maximum absolute atomic E-state index is 13.3. The fourth-order valence-corrected chi connectivity index (χ4v) is 4.04. The van der Waals surface area contributed by atoms with E-state index >= 15 is 0 Å². The molecule has 3 heterocycles. The number of rotatable bonds is 4. The van der Waals surface area contributed by atoms with Gasteiger partial charge in [0.05, 0.1) is 22.0 Å². The van der Waals surface area contributed by atoms with E-state index in [0.717, 1.165) is 17.8 Å². The van der Waals surface area contributed by atoms with Crippen molar-refractivity contribution in [3.05, 3.63) is 48.0 Å². The zero-order valence-corrected chi connectivity index (χ0v) is 17.6. The van der Waals surface area contributed by atoms with Gasteiger partial charge in [-0.3, -0.25) is 5.10 Å². The van der Waals surface area contributed by atoms with E-state index in [1.54, 1.807) is 16.9 Å². The van der Waals surface area contributed by atoms with Crippen molar-refractivity contribution in [3.8, 4) is 0 Å². The van der Waals surface area contributed by atoms with Gasteiger partial charge in [-0.2, -0.15) is 20.2 Å². The highest BCUT2D eigenvalue weighted by Gasteiger charge is 2.27. The molecular weight excluding hydrogens is 409 g/mol. The number of aryl methyl sites for hydroxylation is 1. The number of hydrogen-bond acceptors (Lipinski definition) is 7. The number of aromatic amines is 1. The molecule has 0 bridgehead atoms. The predicted molar refractivity (Wildman–Crippen MR) is 109 cm³/mol. The average Bonchev–Trinajstić information content (AvgIpc) is 3.28. The van der Waals surface area contributed by atoms with E-state index in [1.807, 2.05) is 27.7 Å². The molecule has 0 aliphatic rings. The van der Waals surface area contributed by atoms with Crippen LogP contribution >= 0.6 is 0 Å². The Kier molecular flexibility index (Phi) is 4.57. The first kappa shape index (κ1) is 20.0. The molecule has 3 aromatic heterocycles. The largest absolute Gasteiger partial charge is 0.323 e. The summed E-state index contributed by atoms with van der Waals surface area (Å²) in [6, 6.07) is 6.29. The Morgan fingerprint density at radius 3 is 2.43 bits per heavy atom. The number of aromatic nitrogens is 6. The molecule has 0 unspecified atom stereocenters. The molecule has 0 amide bonds. The van der Waals surface area contributed by atoms with Gasteiger partial charge in [0.25, 0.3) is 5.16 Å². The van der Waals surface area contributed by atoms with Crippen molar-refractivity contribution in [2.24, 2.45) is 0 Å². The van der Waals surface area contributed by atoms with Crippen LogP contribution in [0.2, 0.25) is 0 Å². The van der Waals surface area contributed by atoms with Crippen molar-refractivity contribution in [1.29, 1.82) is 0 Å². The summed E-state index contributed by atoms with van der Waals surface area (Å²) >= 11 is 0. The maximum atomic E-state index is 13.3. The molecule has 4 rings (SSSR count). The molecule has 0 spiro atoms. The third kappa shape index (κ3) is 3.52. The second-order valence-electron chi connectivity index (χ2n) is 7.84. The van der Waals surface area contributed by atoms with Gasteiger partial charge in [0.1, 0.15) is 11.6 Å². The Balaban J connectivity index is 1.94. The van der Waals surface area contributed by atoms with E-state index in [9.17, 15) is 12.8 Å². The summed E-state index contributed by atoms with van der Waals surface area (Å²) in [6.45, 7) is 7.63. The van der Waals surface area contributed by atoms with Crippen molar-refractivity contribution in [3.63, 3.8) is 0 Å². The molecule has 0 saturated carbocycles. The second-order valence-corrected chi connectivity index (χ2v) is 9.68. The Morgan fingerprint density at radius 2 is 1.83 bits per heavy atom. The summed E-state index contributed by atoms with van der Waals surface area (Å²) in [6.07, 6.45) is 1.58. The summed E-state index contributed by atoms with van der Waals surface area (Å²) in [7, 11) is -4.10. The fraction of sp³-hybridized carbons (Fsp3) is 0.263. The lowest BCUT2D eigenvalue weighted by Gasteiger charge is -2.20. The van der Waals surface area contributed by atoms with E-state index in [4.69, 9.17) is 0 Å². The molecule has 0 atom stereocenters. The molecule has 30 heavy (non-hydrogen) atoms. The Morgan fingerprint density at radius 1 is 1.13 bits per heavy atom. The van der Waals surface area contributed by atoms with Gasteiger partial charge in [-0.15, -0.1) is 0 Å². The number of benzene rings is 1. The number of H-pyrrole nitrogens is 1. The lowest BCUT2D eigenvalue weighted by atomic mass is 10.1. The highest BCUT2D eigenvalue weighted by atomic mass is 32.2. The summed E-state index contributed by atoms with van der Waals surface area (Å²) in [5.74, 6) is 0.191. The summed E-state index contributed by atoms with van der Waals surface area (Å²) in [4.78, 5) is 8.47. The molecule has 11 heteroatoms. The Labute approximate surface area is 172 Å². The SMILES string of the molecule is Cc1cc(Nc2nc(S(=O)(=O)c3ccc(F)cc3)nc3c2cnn3C(C)(C)C)n[nH]1. The number of nitrogens with zero attached hydrogens (tertiary/aromatic N) is 5. The number of fused-ring (bicyclic) bond motifs is 1. The van der Waals surface area contributed by atoms with Crippen LogP contribution in [-0.4, -0.2) is 38.4 Å². The number of nitrogens with one attached hydrogen (secondary N) is 2. The average molecular weight is 429 g/mol. The van der Waals surface area contributed by atoms with Crippen LogP contribution in [0.4, 0.5) is 16.0 Å². The first-order chi connectivity index (χ1) is 14.1. The second kappa shape index (κ2) is 6.87. The highest BCUT2D eigenvalue weighted by molar-refractivity contribution is 7.91. The first-order valence-electron chi connectivity index (χ1n) is 9.12. The van der Waals surface area contributed by atoms with Crippen molar-refractivity contribution < 1.29 is 12.8 Å². The van der Waals surface area contributed by atoms with Crippen LogP contribution in [0, 0.1) is 12.7 Å². The van der Waals surface area contributed by atoms with Gasteiger partial charge in [0, 0.05) is 11.8 Å². The minimum Gasteiger partial charge on any atom is -0.323 e. The number of halogens is 1. The van der Waals surface area contributed by atoms with Crippen molar-refractivity contribution in [1.82, 2.24) is 29.9 Å². The van der Waals surface area contributed by atoms with Gasteiger partial charge in [-0.25, -0.2) is 17.5 Å². The number of sulfone groups is 1. The van der Waals surface area contributed by atoms with Crippen LogP contribution in [0.5, 0.6) is 0 Å². The molecule has 4 aromatic rings. The maximum Gasteiger partial charge on any atom is 0.256 e. The standard InChI is InChI=1S/C19H20FN7O2S/c1-11-9-15(26-25-11)22-16-14-10-21-27(19(2,3)4)17(14)24-18(23-16)30(28,29)13-7-5-12(20)6-8-13/h5-10H,1-4H3,(H2,22,23,24,25,26). The zero-order chi connectivity index (χ0) is 21.7. The van der Waals surface area contributed by atoms with Crippen LogP contribution in [0.3, 0.4) is 0 Å². The van der Waals surface area contributed by atoms with Gasteiger partial charge in [0.15, 0.2) is 11.5 Å². The first-order valence-corrected chi connectivity index (χ1v) is 10.6. The van der Waals surface area contributed by atoms with Crippen molar-refractivity contribution in [2.45, 2.75) is 43.3 Å². The summed E-state index contributed by atoms with van der Waals surface area (Å²) in [5, 5.41) is 14.5. The third-order valence-electron chi connectivity index (χ3n) is 4.36. The van der Waals surface area contributed by atoms with Gasteiger partial charge in [-0.05, 0) is 52.0 Å². The highest BCUT2D eigenvalue weighted by Crippen LogP contribution is 2.29. The van der Waals surface area contributed by atoms with E-state index in [1.165, 1.54) is 12.1 Å². The molecule has 9 nitrogen and oxygen atoms in total. The Bertz CT molecular complexity index is 1340. The molecule has 0 aliphatic heterocycles. The zero-order valence-electron chi connectivity index (χ0n) is 16.8. The van der Waals surface area contributed by atoms with Crippen LogP contribution in [0.15, 0.2) is 46.6 Å². The molecule has 0 aliphatic carbocycles. The smallest absolute Gasteiger partial charge is 0.256 e. The lowest BCUT2D eigenvalue weighted by molar-refractivity contribution is 0.365. The van der Waals surface area contributed by atoms with Crippen molar-refractivity contribution in [2.75, 3.05) is 5.32 Å². The molecular formula is C19H20FN7O2S. The molecule has 2 N–H and O–H groups in total. The van der Waals surface area contributed by atoms with Gasteiger partial charge < -0.3 is 5.32 Å². The molecule has 0 saturated heterocycles.